The van der Waals surface area contributed by atoms with Gasteiger partial charge < -0.3 is 9.47 Å². The molecule has 0 aliphatic heterocycles. The van der Waals surface area contributed by atoms with Crippen molar-refractivity contribution < 1.29 is 22.3 Å². The van der Waals surface area contributed by atoms with E-state index in [9.17, 15) is 12.8 Å². The minimum atomic E-state index is -4.01. The number of hydrogen-bond donors (Lipinski definition) is 1. The lowest BCUT2D eigenvalue weighted by atomic mass is 10.3. The molecule has 2 aromatic rings. The van der Waals surface area contributed by atoms with E-state index in [2.05, 4.69) is 9.71 Å². The molecule has 1 aromatic carbocycles. The molecule has 0 amide bonds. The predicted molar refractivity (Wildman–Crippen MR) is 82.6 cm³/mol. The highest BCUT2D eigenvalue weighted by atomic mass is 32.2. The molecule has 0 spiro atoms. The number of methoxy groups -OCH3 is 2. The molecule has 1 heterocycles. The fourth-order valence-electron chi connectivity index (χ4n) is 1.98. The maximum atomic E-state index is 14.0. The van der Waals surface area contributed by atoms with Gasteiger partial charge in [0.1, 0.15) is 10.7 Å². The van der Waals surface area contributed by atoms with Crippen LogP contribution in [0.5, 0.6) is 11.5 Å². The molecule has 0 atom stereocenters. The van der Waals surface area contributed by atoms with Crippen LogP contribution in [0.25, 0.3) is 0 Å². The molecule has 23 heavy (non-hydrogen) atoms. The Balaban J connectivity index is 2.16. The van der Waals surface area contributed by atoms with Crippen LogP contribution in [0, 0.1) is 5.82 Å². The van der Waals surface area contributed by atoms with Crippen molar-refractivity contribution in [2.24, 2.45) is 0 Å². The van der Waals surface area contributed by atoms with Crippen LogP contribution in [-0.2, 0) is 16.4 Å². The summed E-state index contributed by atoms with van der Waals surface area (Å²) in [4.78, 5) is 3.60. The van der Waals surface area contributed by atoms with Crippen molar-refractivity contribution in [3.05, 3.63) is 48.0 Å². The third-order valence-corrected chi connectivity index (χ3v) is 4.60. The Morgan fingerprint density at radius 2 is 1.87 bits per heavy atom. The zero-order valence-electron chi connectivity index (χ0n) is 12.7. The molecule has 0 saturated carbocycles. The van der Waals surface area contributed by atoms with Crippen molar-refractivity contribution in [3.8, 4) is 11.5 Å². The summed E-state index contributed by atoms with van der Waals surface area (Å²) in [5.74, 6) is -0.649. The van der Waals surface area contributed by atoms with Crippen LogP contribution in [0.4, 0.5) is 4.39 Å². The van der Waals surface area contributed by atoms with Gasteiger partial charge in [0.05, 0.1) is 14.2 Å². The fourth-order valence-corrected chi connectivity index (χ4v) is 3.08. The number of ether oxygens (including phenoxy) is 2. The molecule has 0 aliphatic carbocycles. The molecule has 0 fully saturated rings. The van der Waals surface area contributed by atoms with Gasteiger partial charge in [-0.25, -0.2) is 17.5 Å². The van der Waals surface area contributed by atoms with Gasteiger partial charge in [-0.2, -0.15) is 0 Å². The Kier molecular flexibility index (Phi) is 5.51. The van der Waals surface area contributed by atoms with Gasteiger partial charge in [0.25, 0.3) is 0 Å². The number of nitrogens with zero attached hydrogens (tertiary/aromatic N) is 1. The number of aromatic nitrogens is 1. The SMILES string of the molecule is COc1cc(F)c(S(=O)(=O)NCCc2ccccn2)cc1OC. The van der Waals surface area contributed by atoms with E-state index in [0.29, 0.717) is 6.42 Å². The van der Waals surface area contributed by atoms with Gasteiger partial charge in [-0.1, -0.05) is 6.07 Å². The van der Waals surface area contributed by atoms with E-state index >= 15 is 0 Å². The lowest BCUT2D eigenvalue weighted by Crippen LogP contribution is -2.27. The molecule has 0 bridgehead atoms. The summed E-state index contributed by atoms with van der Waals surface area (Å²) >= 11 is 0. The van der Waals surface area contributed by atoms with E-state index in [1.165, 1.54) is 14.2 Å². The van der Waals surface area contributed by atoms with Gasteiger partial charge in [-0.3, -0.25) is 4.98 Å². The molecule has 8 heteroatoms. The summed E-state index contributed by atoms with van der Waals surface area (Å²) in [6.07, 6.45) is 2.02. The predicted octanol–water partition coefficient (Wildman–Crippen LogP) is 1.76. The van der Waals surface area contributed by atoms with Crippen molar-refractivity contribution in [1.82, 2.24) is 9.71 Å². The lowest BCUT2D eigenvalue weighted by molar-refractivity contribution is 0.350. The zero-order valence-corrected chi connectivity index (χ0v) is 13.6. The number of halogens is 1. The van der Waals surface area contributed by atoms with Gasteiger partial charge in [0.15, 0.2) is 11.5 Å². The van der Waals surface area contributed by atoms with Crippen molar-refractivity contribution in [2.75, 3.05) is 20.8 Å². The Bertz CT molecular complexity index is 767. The number of rotatable bonds is 7. The highest BCUT2D eigenvalue weighted by Crippen LogP contribution is 2.31. The van der Waals surface area contributed by atoms with Crippen LogP contribution in [0.2, 0.25) is 0 Å². The second-order valence-corrected chi connectivity index (χ2v) is 6.34. The Labute approximate surface area is 134 Å². The van der Waals surface area contributed by atoms with Crippen molar-refractivity contribution in [3.63, 3.8) is 0 Å². The molecule has 1 N–H and O–H groups in total. The van der Waals surface area contributed by atoms with Crippen molar-refractivity contribution in [2.45, 2.75) is 11.3 Å². The summed E-state index contributed by atoms with van der Waals surface area (Å²) in [5.41, 5.74) is 0.739. The lowest BCUT2D eigenvalue weighted by Gasteiger charge is -2.12. The van der Waals surface area contributed by atoms with E-state index < -0.39 is 20.7 Å². The molecular weight excluding hydrogens is 323 g/mol. The van der Waals surface area contributed by atoms with E-state index in [4.69, 9.17) is 9.47 Å². The van der Waals surface area contributed by atoms with Gasteiger partial charge in [-0.15, -0.1) is 0 Å². The minimum absolute atomic E-state index is 0.104. The highest BCUT2D eigenvalue weighted by molar-refractivity contribution is 7.89. The van der Waals surface area contributed by atoms with Crippen LogP contribution in [-0.4, -0.2) is 34.2 Å². The average Bonchev–Trinajstić information content (AvgIpc) is 2.55. The summed E-state index contributed by atoms with van der Waals surface area (Å²) < 4.78 is 50.8. The Morgan fingerprint density at radius 1 is 1.17 bits per heavy atom. The van der Waals surface area contributed by atoms with Crippen LogP contribution in [0.15, 0.2) is 41.4 Å². The summed E-state index contributed by atoms with van der Waals surface area (Å²) in [6, 6.07) is 7.44. The molecule has 2 rings (SSSR count). The topological polar surface area (TPSA) is 77.5 Å². The second kappa shape index (κ2) is 7.38. The first kappa shape index (κ1) is 17.2. The smallest absolute Gasteiger partial charge is 0.243 e. The minimum Gasteiger partial charge on any atom is -0.493 e. The van der Waals surface area contributed by atoms with Crippen molar-refractivity contribution >= 4 is 10.0 Å². The quantitative estimate of drug-likeness (QED) is 0.831. The van der Waals surface area contributed by atoms with E-state index in [1.807, 2.05) is 6.07 Å². The first-order valence-corrected chi connectivity index (χ1v) is 8.27. The monoisotopic (exact) mass is 340 g/mol. The standard InChI is InChI=1S/C15H17FN2O4S/c1-21-13-9-12(16)15(10-14(13)22-2)23(19,20)18-8-6-11-5-3-4-7-17-11/h3-5,7,9-10,18H,6,8H2,1-2H3. The zero-order chi connectivity index (χ0) is 16.9. The third kappa shape index (κ3) is 4.17. The van der Waals surface area contributed by atoms with Crippen LogP contribution < -0.4 is 14.2 Å². The molecule has 6 nitrogen and oxygen atoms in total. The van der Waals surface area contributed by atoms with Crippen LogP contribution in [0.1, 0.15) is 5.69 Å². The molecular formula is C15H17FN2O4S. The first-order valence-electron chi connectivity index (χ1n) is 6.79. The largest absolute Gasteiger partial charge is 0.493 e. The number of benzene rings is 1. The Morgan fingerprint density at radius 3 is 2.48 bits per heavy atom. The molecule has 0 unspecified atom stereocenters. The number of pyridine rings is 1. The summed E-state index contributed by atoms with van der Waals surface area (Å²) in [6.45, 7) is 0.104. The Hall–Kier alpha value is -2.19. The fraction of sp³-hybridized carbons (Fsp3) is 0.267. The van der Waals surface area contributed by atoms with Crippen molar-refractivity contribution in [1.29, 1.82) is 0 Å². The second-order valence-electron chi connectivity index (χ2n) is 4.61. The van der Waals surface area contributed by atoms with Crippen LogP contribution >= 0.6 is 0 Å². The summed E-state index contributed by atoms with van der Waals surface area (Å²) in [5, 5.41) is 0. The molecule has 1 aromatic heterocycles. The normalized spacial score (nSPS) is 11.3. The average molecular weight is 340 g/mol. The maximum Gasteiger partial charge on any atom is 0.243 e. The van der Waals surface area contributed by atoms with Gasteiger partial charge in [-0.05, 0) is 12.1 Å². The van der Waals surface area contributed by atoms with Gasteiger partial charge in [0, 0.05) is 37.0 Å². The van der Waals surface area contributed by atoms with E-state index in [0.717, 1.165) is 17.8 Å². The molecule has 0 saturated heterocycles. The first-order chi connectivity index (χ1) is 11.0. The van der Waals surface area contributed by atoms with Crippen LogP contribution in [0.3, 0.4) is 0 Å². The summed E-state index contributed by atoms with van der Waals surface area (Å²) in [7, 11) is -1.32. The third-order valence-electron chi connectivity index (χ3n) is 3.13. The molecule has 0 aliphatic rings. The number of sulfonamides is 1. The van der Waals surface area contributed by atoms with E-state index in [-0.39, 0.29) is 18.0 Å². The number of nitrogens with one attached hydrogen (secondary N) is 1. The molecule has 124 valence electrons. The number of hydrogen-bond acceptors (Lipinski definition) is 5. The van der Waals surface area contributed by atoms with Gasteiger partial charge >= 0.3 is 0 Å². The molecule has 0 radical (unpaired) electrons. The maximum absolute atomic E-state index is 14.0. The van der Waals surface area contributed by atoms with Gasteiger partial charge in [0.2, 0.25) is 10.0 Å². The van der Waals surface area contributed by atoms with E-state index in [1.54, 1.807) is 18.3 Å². The highest BCUT2D eigenvalue weighted by Gasteiger charge is 2.22.